The van der Waals surface area contributed by atoms with E-state index >= 15 is 0 Å². The molecule has 1 atom stereocenters. The monoisotopic (exact) mass is 312 g/mol. The van der Waals surface area contributed by atoms with Crippen molar-refractivity contribution in [3.8, 4) is 11.5 Å². The minimum atomic E-state index is 0.299. The fraction of sp³-hybridized carbons (Fsp3) is 0.400. The van der Waals surface area contributed by atoms with Crippen LogP contribution in [0.4, 0.5) is 0 Å². The molecule has 0 radical (unpaired) electrons. The van der Waals surface area contributed by atoms with Crippen molar-refractivity contribution in [3.05, 3.63) is 59.7 Å². The molecule has 0 amide bonds. The lowest BCUT2D eigenvalue weighted by atomic mass is 10.0. The van der Waals surface area contributed by atoms with Crippen LogP contribution in [0.15, 0.2) is 48.5 Å². The SMILES string of the molecule is CCCCOc1ccc(Cc2ccc(OCC3CO3)cc2)cc1. The molecule has 1 aliphatic heterocycles. The lowest BCUT2D eigenvalue weighted by molar-refractivity contribution is 0.263. The molecule has 0 aromatic heterocycles. The first-order valence-electron chi connectivity index (χ1n) is 8.38. The normalized spacial score (nSPS) is 16.1. The highest BCUT2D eigenvalue weighted by Gasteiger charge is 2.22. The lowest BCUT2D eigenvalue weighted by Gasteiger charge is -2.08. The molecule has 23 heavy (non-hydrogen) atoms. The topological polar surface area (TPSA) is 31.0 Å². The summed E-state index contributed by atoms with van der Waals surface area (Å²) in [6.45, 7) is 4.45. The quantitative estimate of drug-likeness (QED) is 0.513. The maximum absolute atomic E-state index is 5.69. The van der Waals surface area contributed by atoms with E-state index in [4.69, 9.17) is 14.2 Å². The van der Waals surface area contributed by atoms with Gasteiger partial charge in [0.25, 0.3) is 0 Å². The van der Waals surface area contributed by atoms with Gasteiger partial charge in [0.2, 0.25) is 0 Å². The summed E-state index contributed by atoms with van der Waals surface area (Å²) in [5.41, 5.74) is 2.56. The van der Waals surface area contributed by atoms with Crippen molar-refractivity contribution in [3.63, 3.8) is 0 Å². The zero-order chi connectivity index (χ0) is 15.9. The maximum Gasteiger partial charge on any atom is 0.119 e. The molecule has 1 aliphatic rings. The van der Waals surface area contributed by atoms with Gasteiger partial charge in [0, 0.05) is 0 Å². The summed E-state index contributed by atoms with van der Waals surface area (Å²) in [6, 6.07) is 16.7. The van der Waals surface area contributed by atoms with Crippen molar-refractivity contribution in [2.24, 2.45) is 0 Å². The first-order chi connectivity index (χ1) is 11.3. The molecular formula is C20H24O3. The van der Waals surface area contributed by atoms with E-state index < -0.39 is 0 Å². The average molecular weight is 312 g/mol. The van der Waals surface area contributed by atoms with E-state index in [-0.39, 0.29) is 0 Å². The van der Waals surface area contributed by atoms with E-state index in [1.165, 1.54) is 11.1 Å². The molecule has 2 aromatic carbocycles. The third-order valence-corrected chi connectivity index (χ3v) is 3.86. The Balaban J connectivity index is 1.49. The van der Waals surface area contributed by atoms with Crippen molar-refractivity contribution in [2.75, 3.05) is 19.8 Å². The summed E-state index contributed by atoms with van der Waals surface area (Å²) in [5.74, 6) is 1.86. The predicted octanol–water partition coefficient (Wildman–Crippen LogP) is 4.23. The summed E-state index contributed by atoms with van der Waals surface area (Å²) < 4.78 is 16.5. The first kappa shape index (κ1) is 15.9. The second kappa shape index (κ2) is 8.02. The van der Waals surface area contributed by atoms with Crippen LogP contribution in [0.3, 0.4) is 0 Å². The van der Waals surface area contributed by atoms with Crippen molar-refractivity contribution in [1.82, 2.24) is 0 Å². The van der Waals surface area contributed by atoms with E-state index in [1.54, 1.807) is 0 Å². The van der Waals surface area contributed by atoms with Gasteiger partial charge in [-0.3, -0.25) is 0 Å². The second-order valence-corrected chi connectivity index (χ2v) is 5.93. The van der Waals surface area contributed by atoms with Crippen molar-refractivity contribution < 1.29 is 14.2 Å². The fourth-order valence-corrected chi connectivity index (χ4v) is 2.33. The van der Waals surface area contributed by atoms with Gasteiger partial charge in [-0.05, 0) is 48.2 Å². The highest BCUT2D eigenvalue weighted by atomic mass is 16.6. The summed E-state index contributed by atoms with van der Waals surface area (Å²) in [6.07, 6.45) is 3.48. The van der Waals surface area contributed by atoms with E-state index in [0.29, 0.717) is 12.7 Å². The van der Waals surface area contributed by atoms with Gasteiger partial charge in [-0.15, -0.1) is 0 Å². The molecule has 1 unspecified atom stereocenters. The number of ether oxygens (including phenoxy) is 3. The van der Waals surface area contributed by atoms with Crippen molar-refractivity contribution in [1.29, 1.82) is 0 Å². The van der Waals surface area contributed by atoms with Crippen LogP contribution in [0, 0.1) is 0 Å². The van der Waals surface area contributed by atoms with E-state index in [2.05, 4.69) is 43.3 Å². The predicted molar refractivity (Wildman–Crippen MR) is 91.3 cm³/mol. The van der Waals surface area contributed by atoms with E-state index in [1.807, 2.05) is 12.1 Å². The largest absolute Gasteiger partial charge is 0.494 e. The number of hydrogen-bond acceptors (Lipinski definition) is 3. The summed E-state index contributed by atoms with van der Waals surface area (Å²) in [5, 5.41) is 0. The molecule has 1 fully saturated rings. The molecule has 0 saturated carbocycles. The highest BCUT2D eigenvalue weighted by molar-refractivity contribution is 5.34. The van der Waals surface area contributed by atoms with Gasteiger partial charge in [-0.1, -0.05) is 37.6 Å². The average Bonchev–Trinajstić information content (AvgIpc) is 3.40. The molecule has 0 bridgehead atoms. The summed E-state index contributed by atoms with van der Waals surface area (Å²) in [4.78, 5) is 0. The Morgan fingerprint density at radius 1 is 0.913 bits per heavy atom. The Labute approximate surface area is 138 Å². The summed E-state index contributed by atoms with van der Waals surface area (Å²) in [7, 11) is 0. The Morgan fingerprint density at radius 3 is 2.00 bits per heavy atom. The van der Waals surface area contributed by atoms with Gasteiger partial charge in [0.05, 0.1) is 13.2 Å². The number of hydrogen-bond donors (Lipinski definition) is 0. The van der Waals surface area contributed by atoms with Gasteiger partial charge in [0.15, 0.2) is 0 Å². The molecule has 0 spiro atoms. The molecule has 2 aromatic rings. The van der Waals surface area contributed by atoms with Crippen LogP contribution in [0.2, 0.25) is 0 Å². The Kier molecular flexibility index (Phi) is 5.54. The number of benzene rings is 2. The zero-order valence-corrected chi connectivity index (χ0v) is 13.7. The van der Waals surface area contributed by atoms with Crippen LogP contribution in [-0.4, -0.2) is 25.9 Å². The standard InChI is InChI=1S/C20H24O3/c1-2-3-12-21-18-8-4-16(5-9-18)13-17-6-10-19(11-7-17)22-14-20-15-23-20/h4-11,20H,2-3,12-15H2,1H3. The third-order valence-electron chi connectivity index (χ3n) is 3.86. The maximum atomic E-state index is 5.69. The summed E-state index contributed by atoms with van der Waals surface area (Å²) >= 11 is 0. The van der Waals surface area contributed by atoms with Gasteiger partial charge >= 0.3 is 0 Å². The third kappa shape index (κ3) is 5.29. The Bertz CT molecular complexity index is 585. The molecule has 1 saturated heterocycles. The molecule has 0 N–H and O–H groups in total. The highest BCUT2D eigenvalue weighted by Crippen LogP contribution is 2.19. The van der Waals surface area contributed by atoms with E-state index in [0.717, 1.165) is 44.0 Å². The molecule has 0 aliphatic carbocycles. The number of rotatable bonds is 9. The second-order valence-electron chi connectivity index (χ2n) is 5.93. The minimum Gasteiger partial charge on any atom is -0.494 e. The van der Waals surface area contributed by atoms with Crippen LogP contribution in [-0.2, 0) is 11.2 Å². The first-order valence-corrected chi connectivity index (χ1v) is 8.38. The van der Waals surface area contributed by atoms with E-state index in [9.17, 15) is 0 Å². The Hall–Kier alpha value is -2.00. The Morgan fingerprint density at radius 2 is 1.48 bits per heavy atom. The van der Waals surface area contributed by atoms with Gasteiger partial charge in [-0.25, -0.2) is 0 Å². The number of epoxide rings is 1. The van der Waals surface area contributed by atoms with Crippen molar-refractivity contribution in [2.45, 2.75) is 32.3 Å². The smallest absolute Gasteiger partial charge is 0.119 e. The number of unbranched alkanes of at least 4 members (excludes halogenated alkanes) is 1. The van der Waals surface area contributed by atoms with Gasteiger partial charge in [-0.2, -0.15) is 0 Å². The molecule has 3 heteroatoms. The van der Waals surface area contributed by atoms with Crippen LogP contribution < -0.4 is 9.47 Å². The van der Waals surface area contributed by atoms with Crippen LogP contribution in [0.1, 0.15) is 30.9 Å². The molecular weight excluding hydrogens is 288 g/mol. The zero-order valence-electron chi connectivity index (χ0n) is 13.7. The van der Waals surface area contributed by atoms with Crippen LogP contribution >= 0.6 is 0 Å². The minimum absolute atomic E-state index is 0.299. The molecule has 3 rings (SSSR count). The van der Waals surface area contributed by atoms with Crippen LogP contribution in [0.5, 0.6) is 11.5 Å². The molecule has 1 heterocycles. The van der Waals surface area contributed by atoms with Gasteiger partial charge < -0.3 is 14.2 Å². The lowest BCUT2D eigenvalue weighted by Crippen LogP contribution is -2.03. The fourth-order valence-electron chi connectivity index (χ4n) is 2.33. The van der Waals surface area contributed by atoms with Crippen molar-refractivity contribution >= 4 is 0 Å². The molecule has 3 nitrogen and oxygen atoms in total. The van der Waals surface area contributed by atoms with Crippen LogP contribution in [0.25, 0.3) is 0 Å². The molecule has 122 valence electrons. The van der Waals surface area contributed by atoms with Gasteiger partial charge in [0.1, 0.15) is 24.2 Å².